The summed E-state index contributed by atoms with van der Waals surface area (Å²) in [4.78, 5) is 23.4. The van der Waals surface area contributed by atoms with Gasteiger partial charge >= 0.3 is 0 Å². The zero-order valence-corrected chi connectivity index (χ0v) is 15.8. The molecule has 0 aliphatic heterocycles. The van der Waals surface area contributed by atoms with E-state index in [1.165, 1.54) is 6.92 Å². The molecule has 0 heterocycles. The van der Waals surface area contributed by atoms with E-state index in [0.717, 1.165) is 14.5 Å². The molecule has 0 atom stereocenters. The van der Waals surface area contributed by atoms with Crippen LogP contribution in [0.25, 0.3) is 0 Å². The number of hydrogen-bond donors (Lipinski definition) is 1. The predicted octanol–water partition coefficient (Wildman–Crippen LogP) is 4.74. The Morgan fingerprint density at radius 2 is 1.78 bits per heavy atom. The van der Waals surface area contributed by atoms with Crippen LogP contribution >= 0.6 is 31.9 Å². The molecule has 0 aromatic heterocycles. The summed E-state index contributed by atoms with van der Waals surface area (Å²) in [5, 5.41) is 2.79. The lowest BCUT2D eigenvalue weighted by Crippen LogP contribution is -2.20. The van der Waals surface area contributed by atoms with E-state index in [4.69, 9.17) is 4.74 Å². The Bertz CT molecular complexity index is 736. The predicted molar refractivity (Wildman–Crippen MR) is 97.2 cm³/mol. The van der Waals surface area contributed by atoms with Gasteiger partial charge in [-0.25, -0.2) is 0 Å². The number of benzene rings is 2. The maximum Gasteiger partial charge on any atom is 0.262 e. The Kier molecular flexibility index (Phi) is 5.96. The molecule has 0 unspecified atom stereocenters. The summed E-state index contributed by atoms with van der Waals surface area (Å²) in [5.74, 6) is 0.144. The Morgan fingerprint density at radius 1 is 1.13 bits per heavy atom. The maximum absolute atomic E-state index is 12.0. The standard InChI is InChI=1S/C17H15Br2NO3/c1-10-6-14(18)17(15(19)7-10)20-16(22)9-23-13-5-3-4-12(8-13)11(2)21/h3-8H,9H2,1-2H3,(H,20,22). The number of aryl methyl sites for hydroxylation is 1. The van der Waals surface area contributed by atoms with Crippen LogP contribution in [0.1, 0.15) is 22.8 Å². The van der Waals surface area contributed by atoms with Crippen LogP contribution in [0.15, 0.2) is 45.3 Å². The lowest BCUT2D eigenvalue weighted by atomic mass is 10.1. The van der Waals surface area contributed by atoms with Gasteiger partial charge in [-0.3, -0.25) is 9.59 Å². The molecule has 0 saturated heterocycles. The minimum absolute atomic E-state index is 0.0487. The second kappa shape index (κ2) is 7.75. The molecule has 1 N–H and O–H groups in total. The molecule has 2 aromatic carbocycles. The molecule has 120 valence electrons. The van der Waals surface area contributed by atoms with Crippen molar-refractivity contribution in [3.63, 3.8) is 0 Å². The largest absolute Gasteiger partial charge is 0.484 e. The molecule has 0 saturated carbocycles. The topological polar surface area (TPSA) is 55.4 Å². The van der Waals surface area contributed by atoms with Crippen LogP contribution in [-0.2, 0) is 4.79 Å². The van der Waals surface area contributed by atoms with Gasteiger partial charge in [0.1, 0.15) is 5.75 Å². The minimum atomic E-state index is -0.288. The molecule has 2 aromatic rings. The summed E-state index contributed by atoms with van der Waals surface area (Å²) in [6.45, 7) is 3.30. The Balaban J connectivity index is 2.01. The number of carbonyl (C=O) groups excluding carboxylic acids is 2. The van der Waals surface area contributed by atoms with E-state index in [0.29, 0.717) is 17.0 Å². The van der Waals surface area contributed by atoms with Gasteiger partial charge in [0.25, 0.3) is 5.91 Å². The van der Waals surface area contributed by atoms with Crippen LogP contribution < -0.4 is 10.1 Å². The number of rotatable bonds is 5. The molecule has 0 fully saturated rings. The summed E-state index contributed by atoms with van der Waals surface area (Å²) in [6, 6.07) is 10.6. The number of ketones is 1. The number of anilines is 1. The molecular weight excluding hydrogens is 426 g/mol. The molecule has 0 aliphatic rings. The molecule has 0 spiro atoms. The molecule has 0 bridgehead atoms. The van der Waals surface area contributed by atoms with Crippen LogP contribution in [0.3, 0.4) is 0 Å². The highest BCUT2D eigenvalue weighted by Crippen LogP contribution is 2.32. The lowest BCUT2D eigenvalue weighted by molar-refractivity contribution is -0.118. The van der Waals surface area contributed by atoms with Gasteiger partial charge in [-0.1, -0.05) is 12.1 Å². The van der Waals surface area contributed by atoms with Gasteiger partial charge in [0.2, 0.25) is 0 Å². The quantitative estimate of drug-likeness (QED) is 0.683. The first kappa shape index (κ1) is 17.7. The van der Waals surface area contributed by atoms with E-state index in [-0.39, 0.29) is 18.3 Å². The van der Waals surface area contributed by atoms with Crippen molar-refractivity contribution in [2.75, 3.05) is 11.9 Å². The van der Waals surface area contributed by atoms with Gasteiger partial charge in [-0.2, -0.15) is 0 Å². The van der Waals surface area contributed by atoms with Gasteiger partial charge in [0.15, 0.2) is 12.4 Å². The summed E-state index contributed by atoms with van der Waals surface area (Å²) < 4.78 is 7.02. The molecule has 1 amide bonds. The van der Waals surface area contributed by atoms with Gasteiger partial charge in [-0.15, -0.1) is 0 Å². The zero-order chi connectivity index (χ0) is 17.0. The highest BCUT2D eigenvalue weighted by Gasteiger charge is 2.11. The Hall–Kier alpha value is -1.66. The van der Waals surface area contributed by atoms with E-state index in [1.807, 2.05) is 19.1 Å². The number of amides is 1. The van der Waals surface area contributed by atoms with Crippen LogP contribution in [0.4, 0.5) is 5.69 Å². The number of carbonyl (C=O) groups is 2. The number of Topliss-reactive ketones (excluding diaryl/α,β-unsaturated/α-hetero) is 1. The van der Waals surface area contributed by atoms with E-state index in [1.54, 1.807) is 24.3 Å². The number of halogens is 2. The van der Waals surface area contributed by atoms with E-state index in [2.05, 4.69) is 37.2 Å². The number of hydrogen-bond acceptors (Lipinski definition) is 3. The third-order valence-electron chi connectivity index (χ3n) is 3.06. The average Bonchev–Trinajstić information content (AvgIpc) is 2.49. The summed E-state index contributed by atoms with van der Waals surface area (Å²) in [6.07, 6.45) is 0. The van der Waals surface area contributed by atoms with Crippen molar-refractivity contribution in [3.05, 3.63) is 56.5 Å². The molecule has 0 radical (unpaired) electrons. The molecule has 23 heavy (non-hydrogen) atoms. The second-order valence-corrected chi connectivity index (χ2v) is 6.73. The smallest absolute Gasteiger partial charge is 0.262 e. The molecule has 4 nitrogen and oxygen atoms in total. The normalized spacial score (nSPS) is 10.3. The van der Waals surface area contributed by atoms with E-state index in [9.17, 15) is 9.59 Å². The zero-order valence-electron chi connectivity index (χ0n) is 12.7. The van der Waals surface area contributed by atoms with Crippen LogP contribution in [0, 0.1) is 6.92 Å². The van der Waals surface area contributed by atoms with Crippen molar-refractivity contribution in [1.82, 2.24) is 0 Å². The fourth-order valence-electron chi connectivity index (χ4n) is 1.95. The van der Waals surface area contributed by atoms with Gasteiger partial charge < -0.3 is 10.1 Å². The molecule has 0 aliphatic carbocycles. The lowest BCUT2D eigenvalue weighted by Gasteiger charge is -2.12. The minimum Gasteiger partial charge on any atom is -0.484 e. The fraction of sp³-hybridized carbons (Fsp3) is 0.176. The third-order valence-corrected chi connectivity index (χ3v) is 4.31. The monoisotopic (exact) mass is 439 g/mol. The first-order chi connectivity index (χ1) is 10.9. The summed E-state index contributed by atoms with van der Waals surface area (Å²) in [7, 11) is 0. The average molecular weight is 441 g/mol. The third kappa shape index (κ3) is 4.91. The van der Waals surface area contributed by atoms with Crippen molar-refractivity contribution in [1.29, 1.82) is 0 Å². The fourth-order valence-corrected chi connectivity index (χ4v) is 3.56. The van der Waals surface area contributed by atoms with Gasteiger partial charge in [-0.05, 0) is 75.5 Å². The number of ether oxygens (including phenoxy) is 1. The Labute approximate surface area is 151 Å². The van der Waals surface area contributed by atoms with Crippen molar-refractivity contribution in [2.45, 2.75) is 13.8 Å². The highest BCUT2D eigenvalue weighted by atomic mass is 79.9. The second-order valence-electron chi connectivity index (χ2n) is 5.02. The van der Waals surface area contributed by atoms with Crippen molar-refractivity contribution >= 4 is 49.2 Å². The SMILES string of the molecule is CC(=O)c1cccc(OCC(=O)Nc2c(Br)cc(C)cc2Br)c1. The highest BCUT2D eigenvalue weighted by molar-refractivity contribution is 9.11. The first-order valence-corrected chi connectivity index (χ1v) is 8.44. The summed E-state index contributed by atoms with van der Waals surface area (Å²) >= 11 is 6.85. The maximum atomic E-state index is 12.0. The summed E-state index contributed by atoms with van der Waals surface area (Å²) in [5.41, 5.74) is 2.27. The number of nitrogens with one attached hydrogen (secondary N) is 1. The Morgan fingerprint density at radius 3 is 2.39 bits per heavy atom. The molecule has 2 rings (SSSR count). The van der Waals surface area contributed by atoms with Gasteiger partial charge in [0.05, 0.1) is 5.69 Å². The van der Waals surface area contributed by atoms with Crippen molar-refractivity contribution in [3.8, 4) is 5.75 Å². The van der Waals surface area contributed by atoms with Crippen LogP contribution in [-0.4, -0.2) is 18.3 Å². The van der Waals surface area contributed by atoms with Crippen LogP contribution in [0.5, 0.6) is 5.75 Å². The molecule has 6 heteroatoms. The van der Waals surface area contributed by atoms with E-state index < -0.39 is 0 Å². The van der Waals surface area contributed by atoms with E-state index >= 15 is 0 Å². The van der Waals surface area contributed by atoms with Crippen LogP contribution in [0.2, 0.25) is 0 Å². The van der Waals surface area contributed by atoms with Gasteiger partial charge in [0, 0.05) is 14.5 Å². The first-order valence-electron chi connectivity index (χ1n) is 6.86. The van der Waals surface area contributed by atoms with Crippen molar-refractivity contribution < 1.29 is 14.3 Å². The van der Waals surface area contributed by atoms with Crippen molar-refractivity contribution in [2.24, 2.45) is 0 Å². The molecular formula is C17H15Br2NO3.